The predicted molar refractivity (Wildman–Crippen MR) is 74.2 cm³/mol. The number of rotatable bonds is 5. The molecule has 0 aromatic carbocycles. The van der Waals surface area contributed by atoms with Gasteiger partial charge in [-0.2, -0.15) is 5.26 Å². The summed E-state index contributed by atoms with van der Waals surface area (Å²) in [7, 11) is 1.89. The molecule has 1 N–H and O–H groups in total. The van der Waals surface area contributed by atoms with Crippen molar-refractivity contribution in [3.8, 4) is 6.07 Å². The zero-order valence-corrected chi connectivity index (χ0v) is 11.9. The maximum atomic E-state index is 9.21. The molecule has 0 bridgehead atoms. The zero-order valence-electron chi connectivity index (χ0n) is 11.9. The highest BCUT2D eigenvalue weighted by molar-refractivity contribution is 5.03. The van der Waals surface area contributed by atoms with Gasteiger partial charge in [0.1, 0.15) is 5.54 Å². The second-order valence-corrected chi connectivity index (χ2v) is 6.23. The molecule has 1 heterocycles. The minimum absolute atomic E-state index is 0.358. The van der Waals surface area contributed by atoms with Crippen molar-refractivity contribution in [2.45, 2.75) is 63.5 Å². The van der Waals surface area contributed by atoms with Gasteiger partial charge in [0.15, 0.2) is 0 Å². The molecular formula is C15H27N3. The summed E-state index contributed by atoms with van der Waals surface area (Å²) in [5, 5.41) is 12.4. The van der Waals surface area contributed by atoms with Crippen molar-refractivity contribution in [3.63, 3.8) is 0 Å². The monoisotopic (exact) mass is 249 g/mol. The first-order valence-electron chi connectivity index (χ1n) is 7.53. The van der Waals surface area contributed by atoms with Crippen molar-refractivity contribution in [1.29, 1.82) is 5.26 Å². The van der Waals surface area contributed by atoms with E-state index >= 15 is 0 Å². The Morgan fingerprint density at radius 1 is 1.28 bits per heavy atom. The maximum absolute atomic E-state index is 9.21. The van der Waals surface area contributed by atoms with E-state index in [1.165, 1.54) is 45.1 Å². The molecule has 1 saturated heterocycles. The van der Waals surface area contributed by atoms with E-state index in [1.54, 1.807) is 0 Å². The van der Waals surface area contributed by atoms with Gasteiger partial charge in [0.25, 0.3) is 0 Å². The van der Waals surface area contributed by atoms with E-state index in [1.807, 2.05) is 14.0 Å². The summed E-state index contributed by atoms with van der Waals surface area (Å²) < 4.78 is 0. The summed E-state index contributed by atoms with van der Waals surface area (Å²) >= 11 is 0. The van der Waals surface area contributed by atoms with Gasteiger partial charge in [0.2, 0.25) is 0 Å². The summed E-state index contributed by atoms with van der Waals surface area (Å²) in [6.45, 7) is 4.33. The van der Waals surface area contributed by atoms with Crippen molar-refractivity contribution in [2.75, 3.05) is 20.1 Å². The Kier molecular flexibility index (Phi) is 4.64. The normalized spacial score (nSPS) is 29.3. The smallest absolute Gasteiger partial charge is 0.104 e. The summed E-state index contributed by atoms with van der Waals surface area (Å²) in [5.74, 6) is 0.940. The van der Waals surface area contributed by atoms with Crippen molar-refractivity contribution >= 4 is 0 Å². The van der Waals surface area contributed by atoms with Gasteiger partial charge in [0, 0.05) is 12.6 Å². The molecule has 2 rings (SSSR count). The topological polar surface area (TPSA) is 39.1 Å². The fourth-order valence-electron chi connectivity index (χ4n) is 3.61. The molecule has 102 valence electrons. The number of nitrogens with one attached hydrogen (secondary N) is 1. The number of hydrogen-bond acceptors (Lipinski definition) is 3. The third-order valence-electron chi connectivity index (χ3n) is 5.06. The lowest BCUT2D eigenvalue weighted by Crippen LogP contribution is -2.43. The van der Waals surface area contributed by atoms with Crippen molar-refractivity contribution in [3.05, 3.63) is 0 Å². The SMILES string of the molecule is CNC(C)(C#N)CCN1CCCC1C1CCCC1. The predicted octanol–water partition coefficient (Wildman–Crippen LogP) is 2.53. The van der Waals surface area contributed by atoms with E-state index in [9.17, 15) is 5.26 Å². The van der Waals surface area contributed by atoms with Crippen LogP contribution in [0.2, 0.25) is 0 Å². The molecule has 1 saturated carbocycles. The van der Waals surface area contributed by atoms with Crippen LogP contribution >= 0.6 is 0 Å². The molecule has 1 aliphatic carbocycles. The van der Waals surface area contributed by atoms with Crippen LogP contribution in [0.4, 0.5) is 0 Å². The molecule has 2 atom stereocenters. The molecule has 18 heavy (non-hydrogen) atoms. The molecule has 0 spiro atoms. The first kappa shape index (κ1) is 13.8. The van der Waals surface area contributed by atoms with Crippen LogP contribution in [0.5, 0.6) is 0 Å². The van der Waals surface area contributed by atoms with Crippen LogP contribution in [0.1, 0.15) is 51.9 Å². The van der Waals surface area contributed by atoms with Gasteiger partial charge < -0.3 is 10.2 Å². The van der Waals surface area contributed by atoms with E-state index < -0.39 is 0 Å². The average Bonchev–Trinajstić information content (AvgIpc) is 3.05. The summed E-state index contributed by atoms with van der Waals surface area (Å²) in [4.78, 5) is 2.66. The third-order valence-corrected chi connectivity index (χ3v) is 5.06. The lowest BCUT2D eigenvalue weighted by molar-refractivity contribution is 0.178. The number of nitriles is 1. The highest BCUT2D eigenvalue weighted by Crippen LogP contribution is 2.35. The molecular weight excluding hydrogens is 222 g/mol. The van der Waals surface area contributed by atoms with Crippen molar-refractivity contribution in [1.82, 2.24) is 10.2 Å². The average molecular weight is 249 g/mol. The molecule has 0 aromatic rings. The van der Waals surface area contributed by atoms with Gasteiger partial charge in [-0.3, -0.25) is 0 Å². The van der Waals surface area contributed by atoms with Crippen molar-refractivity contribution in [2.24, 2.45) is 5.92 Å². The number of likely N-dealkylation sites (tertiary alicyclic amines) is 1. The third kappa shape index (κ3) is 3.05. The second-order valence-electron chi connectivity index (χ2n) is 6.23. The van der Waals surface area contributed by atoms with Gasteiger partial charge in [-0.25, -0.2) is 0 Å². The zero-order chi connectivity index (χ0) is 13.0. The van der Waals surface area contributed by atoms with Gasteiger partial charge in [-0.1, -0.05) is 12.8 Å². The molecule has 2 aliphatic rings. The van der Waals surface area contributed by atoms with Crippen LogP contribution in [-0.2, 0) is 0 Å². The lowest BCUT2D eigenvalue weighted by atomic mass is 9.94. The Labute approximate surface area is 112 Å². The Hall–Kier alpha value is -0.590. The molecule has 2 fully saturated rings. The van der Waals surface area contributed by atoms with Gasteiger partial charge >= 0.3 is 0 Å². The summed E-state index contributed by atoms with van der Waals surface area (Å²) in [6, 6.07) is 3.21. The standard InChI is InChI=1S/C15H27N3/c1-15(12-16,17-2)9-11-18-10-5-8-14(18)13-6-3-4-7-13/h13-14,17H,3-11H2,1-2H3. The molecule has 2 unspecified atom stereocenters. The van der Waals surface area contributed by atoms with Gasteiger partial charge in [-0.05, 0) is 58.5 Å². The van der Waals surface area contributed by atoms with E-state index in [0.29, 0.717) is 0 Å². The summed E-state index contributed by atoms with van der Waals surface area (Å²) in [6.07, 6.45) is 9.40. The molecule has 0 aromatic heterocycles. The van der Waals surface area contributed by atoms with Crippen LogP contribution in [0.25, 0.3) is 0 Å². The van der Waals surface area contributed by atoms with E-state index in [4.69, 9.17) is 0 Å². The lowest BCUT2D eigenvalue weighted by Gasteiger charge is -2.31. The van der Waals surface area contributed by atoms with Crippen LogP contribution in [0.3, 0.4) is 0 Å². The van der Waals surface area contributed by atoms with E-state index in [2.05, 4.69) is 16.3 Å². The first-order valence-corrected chi connectivity index (χ1v) is 7.53. The second kappa shape index (κ2) is 6.04. The minimum atomic E-state index is -0.358. The molecule has 0 amide bonds. The molecule has 3 heteroatoms. The van der Waals surface area contributed by atoms with Crippen molar-refractivity contribution < 1.29 is 0 Å². The molecule has 1 aliphatic heterocycles. The van der Waals surface area contributed by atoms with Crippen LogP contribution < -0.4 is 5.32 Å². The Morgan fingerprint density at radius 2 is 2.00 bits per heavy atom. The van der Waals surface area contributed by atoms with Gasteiger partial charge in [0.05, 0.1) is 6.07 Å². The Balaban J connectivity index is 1.86. The first-order chi connectivity index (χ1) is 8.68. The maximum Gasteiger partial charge on any atom is 0.104 e. The van der Waals surface area contributed by atoms with E-state index in [-0.39, 0.29) is 5.54 Å². The van der Waals surface area contributed by atoms with Crippen LogP contribution in [0.15, 0.2) is 0 Å². The highest BCUT2D eigenvalue weighted by atomic mass is 15.2. The van der Waals surface area contributed by atoms with Gasteiger partial charge in [-0.15, -0.1) is 0 Å². The fourth-order valence-corrected chi connectivity index (χ4v) is 3.61. The quantitative estimate of drug-likeness (QED) is 0.814. The Bertz CT molecular complexity index is 303. The van der Waals surface area contributed by atoms with Crippen LogP contribution in [-0.4, -0.2) is 36.6 Å². The van der Waals surface area contributed by atoms with Crippen LogP contribution in [0, 0.1) is 17.2 Å². The minimum Gasteiger partial charge on any atom is -0.303 e. The number of nitrogens with zero attached hydrogens (tertiary/aromatic N) is 2. The molecule has 3 nitrogen and oxygen atoms in total. The molecule has 0 radical (unpaired) electrons. The largest absolute Gasteiger partial charge is 0.303 e. The number of hydrogen-bond donors (Lipinski definition) is 1. The Morgan fingerprint density at radius 3 is 2.61 bits per heavy atom. The fraction of sp³-hybridized carbons (Fsp3) is 0.933. The van der Waals surface area contributed by atoms with E-state index in [0.717, 1.165) is 24.9 Å². The summed E-state index contributed by atoms with van der Waals surface area (Å²) in [5.41, 5.74) is -0.358. The highest BCUT2D eigenvalue weighted by Gasteiger charge is 2.34.